The zero-order chi connectivity index (χ0) is 12.8. The van der Waals surface area contributed by atoms with E-state index in [0.29, 0.717) is 6.04 Å². The lowest BCUT2D eigenvalue weighted by molar-refractivity contribution is 0.416. The largest absolute Gasteiger partial charge is 0.370 e. The van der Waals surface area contributed by atoms with Gasteiger partial charge in [0, 0.05) is 19.1 Å². The molecule has 0 saturated heterocycles. The Bertz CT molecular complexity index is 359. The zero-order valence-corrected chi connectivity index (χ0v) is 11.7. The van der Waals surface area contributed by atoms with Crippen LogP contribution in [0.4, 0.5) is 11.6 Å². The lowest BCUT2D eigenvalue weighted by Crippen LogP contribution is -2.37. The van der Waals surface area contributed by atoms with Crippen LogP contribution in [0.2, 0.25) is 0 Å². The first-order valence-corrected chi connectivity index (χ1v) is 7.32. The summed E-state index contributed by atoms with van der Waals surface area (Å²) < 4.78 is 0. The standard InChI is InChI=1S/C15H25N3/c1-3-16-14-11-8-12-15(17-14)18(4-2)13-9-6-5-7-10-13/h8,11-13H,3-7,9-10H2,1-2H3,(H,16,17). The molecule has 0 radical (unpaired) electrons. The first kappa shape index (κ1) is 13.2. The van der Waals surface area contributed by atoms with Gasteiger partial charge in [-0.25, -0.2) is 4.98 Å². The van der Waals surface area contributed by atoms with E-state index >= 15 is 0 Å². The van der Waals surface area contributed by atoms with Gasteiger partial charge in [-0.2, -0.15) is 0 Å². The molecule has 0 amide bonds. The highest BCUT2D eigenvalue weighted by molar-refractivity contribution is 5.47. The van der Waals surface area contributed by atoms with E-state index in [-0.39, 0.29) is 0 Å². The highest BCUT2D eigenvalue weighted by atomic mass is 15.2. The molecule has 1 aromatic rings. The summed E-state index contributed by atoms with van der Waals surface area (Å²) in [5.74, 6) is 2.12. The van der Waals surface area contributed by atoms with Crippen molar-refractivity contribution in [2.75, 3.05) is 23.3 Å². The Labute approximate surface area is 111 Å². The molecule has 18 heavy (non-hydrogen) atoms. The minimum Gasteiger partial charge on any atom is -0.370 e. The van der Waals surface area contributed by atoms with E-state index in [1.165, 1.54) is 32.1 Å². The number of hydrogen-bond acceptors (Lipinski definition) is 3. The molecule has 1 aliphatic rings. The Kier molecular flexibility index (Phi) is 4.85. The van der Waals surface area contributed by atoms with Crippen LogP contribution < -0.4 is 10.2 Å². The fraction of sp³-hybridized carbons (Fsp3) is 0.667. The molecule has 0 aromatic carbocycles. The zero-order valence-electron chi connectivity index (χ0n) is 11.7. The van der Waals surface area contributed by atoms with E-state index in [9.17, 15) is 0 Å². The molecule has 100 valence electrons. The number of pyridine rings is 1. The van der Waals surface area contributed by atoms with Gasteiger partial charge in [0.25, 0.3) is 0 Å². The van der Waals surface area contributed by atoms with Crippen LogP contribution in [0.1, 0.15) is 46.0 Å². The smallest absolute Gasteiger partial charge is 0.131 e. The van der Waals surface area contributed by atoms with Gasteiger partial charge in [-0.15, -0.1) is 0 Å². The molecule has 0 unspecified atom stereocenters. The van der Waals surface area contributed by atoms with Crippen LogP contribution in [0.25, 0.3) is 0 Å². The number of nitrogens with one attached hydrogen (secondary N) is 1. The molecule has 1 N–H and O–H groups in total. The maximum absolute atomic E-state index is 4.72. The van der Waals surface area contributed by atoms with Crippen LogP contribution in [0.15, 0.2) is 18.2 Å². The molecular formula is C15H25N3. The first-order valence-electron chi connectivity index (χ1n) is 7.32. The Balaban J connectivity index is 2.12. The van der Waals surface area contributed by atoms with E-state index in [0.717, 1.165) is 24.7 Å². The van der Waals surface area contributed by atoms with E-state index < -0.39 is 0 Å². The first-order chi connectivity index (χ1) is 8.85. The van der Waals surface area contributed by atoms with Gasteiger partial charge in [-0.1, -0.05) is 25.3 Å². The molecule has 0 bridgehead atoms. The van der Waals surface area contributed by atoms with E-state index in [1.54, 1.807) is 0 Å². The monoisotopic (exact) mass is 247 g/mol. The van der Waals surface area contributed by atoms with E-state index in [2.05, 4.69) is 36.2 Å². The van der Waals surface area contributed by atoms with Crippen molar-refractivity contribution in [1.82, 2.24) is 4.98 Å². The molecule has 0 atom stereocenters. The third-order valence-corrected chi connectivity index (χ3v) is 3.74. The average molecular weight is 247 g/mol. The van der Waals surface area contributed by atoms with Crippen molar-refractivity contribution in [2.45, 2.75) is 52.0 Å². The maximum Gasteiger partial charge on any atom is 0.131 e. The van der Waals surface area contributed by atoms with Crippen LogP contribution in [0.5, 0.6) is 0 Å². The molecule has 3 nitrogen and oxygen atoms in total. The van der Waals surface area contributed by atoms with Crippen molar-refractivity contribution in [3.05, 3.63) is 18.2 Å². The SMILES string of the molecule is CCNc1cccc(N(CC)C2CCCCC2)n1. The molecule has 1 fully saturated rings. The van der Waals surface area contributed by atoms with E-state index in [1.807, 2.05) is 6.07 Å². The number of hydrogen-bond donors (Lipinski definition) is 1. The number of rotatable bonds is 5. The van der Waals surface area contributed by atoms with Gasteiger partial charge in [-0.3, -0.25) is 0 Å². The van der Waals surface area contributed by atoms with Gasteiger partial charge < -0.3 is 10.2 Å². The van der Waals surface area contributed by atoms with Gasteiger partial charge in [0.1, 0.15) is 11.6 Å². The number of nitrogens with zero attached hydrogens (tertiary/aromatic N) is 2. The summed E-state index contributed by atoms with van der Waals surface area (Å²) in [4.78, 5) is 7.20. The Hall–Kier alpha value is -1.25. The second-order valence-corrected chi connectivity index (χ2v) is 4.99. The van der Waals surface area contributed by atoms with Gasteiger partial charge in [0.05, 0.1) is 0 Å². The highest BCUT2D eigenvalue weighted by Crippen LogP contribution is 2.26. The fourth-order valence-corrected chi connectivity index (χ4v) is 2.86. The lowest BCUT2D eigenvalue weighted by Gasteiger charge is -2.34. The Morgan fingerprint density at radius 3 is 2.67 bits per heavy atom. The molecule has 0 aliphatic heterocycles. The summed E-state index contributed by atoms with van der Waals surface area (Å²) in [7, 11) is 0. The molecule has 0 spiro atoms. The summed E-state index contributed by atoms with van der Waals surface area (Å²) in [5, 5.41) is 3.29. The van der Waals surface area contributed by atoms with Crippen molar-refractivity contribution < 1.29 is 0 Å². The summed E-state index contributed by atoms with van der Waals surface area (Å²) in [6.07, 6.45) is 6.78. The van der Waals surface area contributed by atoms with Crippen LogP contribution in [0.3, 0.4) is 0 Å². The second-order valence-electron chi connectivity index (χ2n) is 4.99. The summed E-state index contributed by atoms with van der Waals surface area (Å²) in [5.41, 5.74) is 0. The summed E-state index contributed by atoms with van der Waals surface area (Å²) in [6.45, 7) is 6.31. The predicted octanol–water partition coefficient (Wildman–Crippen LogP) is 3.67. The minimum absolute atomic E-state index is 0.688. The third kappa shape index (κ3) is 3.15. The molecule has 3 heteroatoms. The molecule has 1 aliphatic carbocycles. The van der Waals surface area contributed by atoms with Crippen LogP contribution in [0, 0.1) is 0 Å². The fourth-order valence-electron chi connectivity index (χ4n) is 2.86. The van der Waals surface area contributed by atoms with Crippen LogP contribution in [-0.2, 0) is 0 Å². The average Bonchev–Trinajstić information content (AvgIpc) is 2.42. The Morgan fingerprint density at radius 1 is 1.22 bits per heavy atom. The number of aromatic nitrogens is 1. The normalized spacial score (nSPS) is 16.6. The van der Waals surface area contributed by atoms with Gasteiger partial charge in [0.15, 0.2) is 0 Å². The van der Waals surface area contributed by atoms with Crippen molar-refractivity contribution in [3.63, 3.8) is 0 Å². The van der Waals surface area contributed by atoms with Crippen molar-refractivity contribution >= 4 is 11.6 Å². The molecule has 2 rings (SSSR count). The van der Waals surface area contributed by atoms with Crippen LogP contribution in [-0.4, -0.2) is 24.1 Å². The minimum atomic E-state index is 0.688. The summed E-state index contributed by atoms with van der Waals surface area (Å²) >= 11 is 0. The second kappa shape index (κ2) is 6.62. The molecule has 1 saturated carbocycles. The van der Waals surface area contributed by atoms with E-state index in [4.69, 9.17) is 4.98 Å². The predicted molar refractivity (Wildman–Crippen MR) is 78.3 cm³/mol. The Morgan fingerprint density at radius 2 is 2.00 bits per heavy atom. The quantitative estimate of drug-likeness (QED) is 0.860. The summed E-state index contributed by atoms with van der Waals surface area (Å²) in [6, 6.07) is 6.97. The van der Waals surface area contributed by atoms with Crippen molar-refractivity contribution in [1.29, 1.82) is 0 Å². The lowest BCUT2D eigenvalue weighted by atomic mass is 9.94. The topological polar surface area (TPSA) is 28.2 Å². The molecular weight excluding hydrogens is 222 g/mol. The van der Waals surface area contributed by atoms with Crippen molar-refractivity contribution in [3.8, 4) is 0 Å². The van der Waals surface area contributed by atoms with Gasteiger partial charge in [0.2, 0.25) is 0 Å². The molecule has 1 aromatic heterocycles. The number of anilines is 2. The maximum atomic E-state index is 4.72. The molecule has 1 heterocycles. The van der Waals surface area contributed by atoms with Crippen LogP contribution >= 0.6 is 0 Å². The van der Waals surface area contributed by atoms with Crippen molar-refractivity contribution in [2.24, 2.45) is 0 Å². The highest BCUT2D eigenvalue weighted by Gasteiger charge is 2.21. The van der Waals surface area contributed by atoms with Gasteiger partial charge in [-0.05, 0) is 38.8 Å². The van der Waals surface area contributed by atoms with Gasteiger partial charge >= 0.3 is 0 Å². The third-order valence-electron chi connectivity index (χ3n) is 3.74.